The molecule has 0 aliphatic rings. The van der Waals surface area contributed by atoms with Crippen molar-refractivity contribution >= 4 is 11.3 Å². The van der Waals surface area contributed by atoms with Crippen LogP contribution in [0.15, 0.2) is 0 Å². The number of hydrogen-bond acceptors (Lipinski definition) is 3. The van der Waals surface area contributed by atoms with Crippen molar-refractivity contribution in [3.8, 4) is 0 Å². The molecule has 1 rings (SSSR count). The second-order valence-electron chi connectivity index (χ2n) is 3.60. The van der Waals surface area contributed by atoms with Crippen molar-refractivity contribution in [3.63, 3.8) is 0 Å². The second kappa shape index (κ2) is 6.14. The Morgan fingerprint density at radius 2 is 2.07 bits per heavy atom. The van der Waals surface area contributed by atoms with Crippen LogP contribution in [0.3, 0.4) is 0 Å². The molecule has 0 saturated heterocycles. The van der Waals surface area contributed by atoms with E-state index >= 15 is 0 Å². The molecule has 0 radical (unpaired) electrons. The summed E-state index contributed by atoms with van der Waals surface area (Å²) >= 11 is 1.83. The highest BCUT2D eigenvalue weighted by atomic mass is 32.1. The van der Waals surface area contributed by atoms with Crippen LogP contribution in [0, 0.1) is 13.8 Å². The summed E-state index contributed by atoms with van der Waals surface area (Å²) in [5, 5.41) is 4.70. The van der Waals surface area contributed by atoms with Crippen molar-refractivity contribution in [2.75, 3.05) is 13.1 Å². The van der Waals surface area contributed by atoms with Gasteiger partial charge in [0.2, 0.25) is 0 Å². The Morgan fingerprint density at radius 1 is 1.29 bits per heavy atom. The SMILES string of the molecule is CCCCNCCc1nc(C)c(C)s1. The third kappa shape index (κ3) is 3.76. The molecular weight excluding hydrogens is 192 g/mol. The van der Waals surface area contributed by atoms with Gasteiger partial charge >= 0.3 is 0 Å². The molecule has 0 aromatic carbocycles. The molecule has 0 bridgehead atoms. The highest BCUT2D eigenvalue weighted by Crippen LogP contribution is 2.16. The van der Waals surface area contributed by atoms with Crippen molar-refractivity contribution < 1.29 is 0 Å². The minimum Gasteiger partial charge on any atom is -0.316 e. The van der Waals surface area contributed by atoms with E-state index in [1.807, 2.05) is 11.3 Å². The lowest BCUT2D eigenvalue weighted by molar-refractivity contribution is 0.639. The number of nitrogens with zero attached hydrogens (tertiary/aromatic N) is 1. The van der Waals surface area contributed by atoms with E-state index in [0.29, 0.717) is 0 Å². The second-order valence-corrected chi connectivity index (χ2v) is 4.89. The Morgan fingerprint density at radius 3 is 2.64 bits per heavy atom. The van der Waals surface area contributed by atoms with Gasteiger partial charge in [-0.3, -0.25) is 0 Å². The maximum absolute atomic E-state index is 4.51. The molecule has 0 unspecified atom stereocenters. The molecule has 80 valence electrons. The van der Waals surface area contributed by atoms with Gasteiger partial charge in [-0.2, -0.15) is 0 Å². The van der Waals surface area contributed by atoms with E-state index in [1.165, 1.54) is 28.4 Å². The number of hydrogen-bond donors (Lipinski definition) is 1. The molecule has 2 nitrogen and oxygen atoms in total. The van der Waals surface area contributed by atoms with Crippen LogP contribution in [0.5, 0.6) is 0 Å². The number of aryl methyl sites for hydroxylation is 2. The summed E-state index contributed by atoms with van der Waals surface area (Å²) in [6.07, 6.45) is 3.61. The van der Waals surface area contributed by atoms with Crippen molar-refractivity contribution in [1.82, 2.24) is 10.3 Å². The van der Waals surface area contributed by atoms with Crippen LogP contribution in [0.25, 0.3) is 0 Å². The molecule has 0 aliphatic carbocycles. The summed E-state index contributed by atoms with van der Waals surface area (Å²) in [5.74, 6) is 0. The first-order chi connectivity index (χ1) is 6.74. The molecule has 0 fully saturated rings. The number of rotatable bonds is 6. The molecule has 1 aromatic rings. The van der Waals surface area contributed by atoms with Gasteiger partial charge in [-0.15, -0.1) is 11.3 Å². The van der Waals surface area contributed by atoms with E-state index in [0.717, 1.165) is 19.5 Å². The monoisotopic (exact) mass is 212 g/mol. The average molecular weight is 212 g/mol. The predicted octanol–water partition coefficient (Wildman–Crippen LogP) is 2.69. The largest absolute Gasteiger partial charge is 0.316 e. The smallest absolute Gasteiger partial charge is 0.0943 e. The zero-order valence-electron chi connectivity index (χ0n) is 9.39. The van der Waals surface area contributed by atoms with E-state index in [4.69, 9.17) is 0 Å². The predicted molar refractivity (Wildman–Crippen MR) is 63.1 cm³/mol. The Bertz CT molecular complexity index is 249. The van der Waals surface area contributed by atoms with Crippen LogP contribution < -0.4 is 5.32 Å². The van der Waals surface area contributed by atoms with Gasteiger partial charge in [-0.25, -0.2) is 4.98 Å². The molecule has 0 spiro atoms. The average Bonchev–Trinajstić information content (AvgIpc) is 2.46. The van der Waals surface area contributed by atoms with Gasteiger partial charge in [0.25, 0.3) is 0 Å². The topological polar surface area (TPSA) is 24.9 Å². The maximum Gasteiger partial charge on any atom is 0.0943 e. The molecule has 1 heterocycles. The molecule has 14 heavy (non-hydrogen) atoms. The Balaban J connectivity index is 2.18. The molecule has 3 heteroatoms. The Labute approximate surface area is 90.8 Å². The first kappa shape index (κ1) is 11.7. The van der Waals surface area contributed by atoms with Crippen molar-refractivity contribution in [2.24, 2.45) is 0 Å². The van der Waals surface area contributed by atoms with E-state index < -0.39 is 0 Å². The summed E-state index contributed by atoms with van der Waals surface area (Å²) in [6, 6.07) is 0. The zero-order valence-corrected chi connectivity index (χ0v) is 10.2. The van der Waals surface area contributed by atoms with Crippen LogP contribution in [-0.2, 0) is 6.42 Å². The maximum atomic E-state index is 4.51. The van der Waals surface area contributed by atoms with Gasteiger partial charge in [-0.05, 0) is 26.8 Å². The summed E-state index contributed by atoms with van der Waals surface area (Å²) in [4.78, 5) is 5.86. The molecular formula is C11H20N2S. The minimum atomic E-state index is 1.06. The lowest BCUT2D eigenvalue weighted by Gasteiger charge is -2.00. The number of aromatic nitrogens is 1. The highest BCUT2D eigenvalue weighted by molar-refractivity contribution is 7.11. The summed E-state index contributed by atoms with van der Waals surface area (Å²) in [7, 11) is 0. The lowest BCUT2D eigenvalue weighted by Crippen LogP contribution is -2.18. The molecule has 1 aromatic heterocycles. The fourth-order valence-corrected chi connectivity index (χ4v) is 2.20. The quantitative estimate of drug-likeness (QED) is 0.733. The summed E-state index contributed by atoms with van der Waals surface area (Å²) in [6.45, 7) is 8.64. The van der Waals surface area contributed by atoms with Gasteiger partial charge in [-0.1, -0.05) is 13.3 Å². The minimum absolute atomic E-state index is 1.06. The fraction of sp³-hybridized carbons (Fsp3) is 0.727. The van der Waals surface area contributed by atoms with Gasteiger partial charge in [0.1, 0.15) is 0 Å². The van der Waals surface area contributed by atoms with Crippen LogP contribution in [-0.4, -0.2) is 18.1 Å². The number of thiazole rings is 1. The Hall–Kier alpha value is -0.410. The van der Waals surface area contributed by atoms with Crippen LogP contribution >= 0.6 is 11.3 Å². The first-order valence-electron chi connectivity index (χ1n) is 5.37. The van der Waals surface area contributed by atoms with E-state index in [1.54, 1.807) is 0 Å². The van der Waals surface area contributed by atoms with Crippen LogP contribution in [0.1, 0.15) is 35.3 Å². The van der Waals surface area contributed by atoms with Gasteiger partial charge in [0.05, 0.1) is 10.7 Å². The summed E-state index contributed by atoms with van der Waals surface area (Å²) < 4.78 is 0. The third-order valence-electron chi connectivity index (χ3n) is 2.30. The first-order valence-corrected chi connectivity index (χ1v) is 6.19. The van der Waals surface area contributed by atoms with E-state index in [2.05, 4.69) is 31.1 Å². The van der Waals surface area contributed by atoms with Gasteiger partial charge in [0, 0.05) is 17.8 Å². The molecule has 0 atom stereocenters. The van der Waals surface area contributed by atoms with Crippen molar-refractivity contribution in [1.29, 1.82) is 0 Å². The van der Waals surface area contributed by atoms with Gasteiger partial charge < -0.3 is 5.32 Å². The van der Waals surface area contributed by atoms with Crippen molar-refractivity contribution in [3.05, 3.63) is 15.6 Å². The van der Waals surface area contributed by atoms with Crippen LogP contribution in [0.2, 0.25) is 0 Å². The van der Waals surface area contributed by atoms with Crippen LogP contribution in [0.4, 0.5) is 0 Å². The Kier molecular flexibility index (Phi) is 5.12. The highest BCUT2D eigenvalue weighted by Gasteiger charge is 2.02. The van der Waals surface area contributed by atoms with Crippen molar-refractivity contribution in [2.45, 2.75) is 40.0 Å². The normalized spacial score (nSPS) is 10.8. The lowest BCUT2D eigenvalue weighted by atomic mass is 10.3. The van der Waals surface area contributed by atoms with Gasteiger partial charge in [0.15, 0.2) is 0 Å². The summed E-state index contributed by atoms with van der Waals surface area (Å²) in [5.41, 5.74) is 1.19. The molecule has 0 aliphatic heterocycles. The zero-order chi connectivity index (χ0) is 10.4. The van der Waals surface area contributed by atoms with E-state index in [-0.39, 0.29) is 0 Å². The molecule has 0 saturated carbocycles. The fourth-order valence-electron chi connectivity index (χ4n) is 1.27. The van der Waals surface area contributed by atoms with E-state index in [9.17, 15) is 0 Å². The molecule has 1 N–H and O–H groups in total. The molecule has 0 amide bonds. The standard InChI is InChI=1S/C11H20N2S/c1-4-5-7-12-8-6-11-13-9(2)10(3)14-11/h12H,4-8H2,1-3H3. The number of unbranched alkanes of at least 4 members (excludes halogenated alkanes) is 1. The number of nitrogens with one attached hydrogen (secondary N) is 1. The third-order valence-corrected chi connectivity index (χ3v) is 3.43.